The van der Waals surface area contributed by atoms with Gasteiger partial charge < -0.3 is 0 Å². The van der Waals surface area contributed by atoms with Gasteiger partial charge in [-0.15, -0.1) is 11.3 Å². The van der Waals surface area contributed by atoms with Crippen LogP contribution >= 0.6 is 11.3 Å². The molecule has 2 rings (SSSR count). The highest BCUT2D eigenvalue weighted by Gasteiger charge is 2.19. The largest absolute Gasteiger partial charge is 0.275 e. The Morgan fingerprint density at radius 2 is 2.29 bits per heavy atom. The van der Waals surface area contributed by atoms with Crippen LogP contribution in [0.1, 0.15) is 18.5 Å². The van der Waals surface area contributed by atoms with Gasteiger partial charge in [0.2, 0.25) is 0 Å². The molecular formula is C10H13N3O2S2. The number of rotatable bonds is 4. The molecule has 2 heterocycles. The molecule has 0 bridgehead atoms. The number of aromatic nitrogens is 2. The lowest BCUT2D eigenvalue weighted by Gasteiger charge is -2.11. The maximum Gasteiger partial charge on any atom is 0.250 e. The summed E-state index contributed by atoms with van der Waals surface area (Å²) in [6, 6.07) is 3.01. The van der Waals surface area contributed by atoms with E-state index in [2.05, 4.69) is 9.82 Å². The molecule has 0 aromatic carbocycles. The molecule has 92 valence electrons. The molecule has 0 aliphatic carbocycles. The minimum Gasteiger partial charge on any atom is -0.275 e. The summed E-state index contributed by atoms with van der Waals surface area (Å²) in [5.74, 6) is 0. The molecule has 17 heavy (non-hydrogen) atoms. The third-order valence-electron chi connectivity index (χ3n) is 2.32. The van der Waals surface area contributed by atoms with Crippen molar-refractivity contribution in [3.05, 3.63) is 35.5 Å². The Morgan fingerprint density at radius 3 is 2.82 bits per heavy atom. The average Bonchev–Trinajstić information content (AvgIpc) is 2.86. The van der Waals surface area contributed by atoms with Crippen LogP contribution in [-0.4, -0.2) is 18.2 Å². The Hall–Kier alpha value is -1.18. The van der Waals surface area contributed by atoms with Gasteiger partial charge in [0.1, 0.15) is 4.21 Å². The van der Waals surface area contributed by atoms with Crippen molar-refractivity contribution in [1.82, 2.24) is 14.5 Å². The highest BCUT2D eigenvalue weighted by Crippen LogP contribution is 2.19. The average molecular weight is 271 g/mol. The van der Waals surface area contributed by atoms with Gasteiger partial charge in [-0.2, -0.15) is 5.10 Å². The van der Waals surface area contributed by atoms with Crippen LogP contribution in [0.25, 0.3) is 0 Å². The number of sulfonamides is 1. The first-order valence-electron chi connectivity index (χ1n) is 5.03. The van der Waals surface area contributed by atoms with Gasteiger partial charge in [-0.3, -0.25) is 4.68 Å². The smallest absolute Gasteiger partial charge is 0.250 e. The number of nitrogens with zero attached hydrogens (tertiary/aromatic N) is 2. The molecule has 5 nitrogen and oxygen atoms in total. The van der Waals surface area contributed by atoms with Crippen LogP contribution in [0.2, 0.25) is 0 Å². The number of hydrogen-bond acceptors (Lipinski definition) is 4. The van der Waals surface area contributed by atoms with E-state index in [-0.39, 0.29) is 6.04 Å². The van der Waals surface area contributed by atoms with Crippen molar-refractivity contribution in [2.75, 3.05) is 0 Å². The minimum absolute atomic E-state index is 0.296. The summed E-state index contributed by atoms with van der Waals surface area (Å²) in [4.78, 5) is 0. The van der Waals surface area contributed by atoms with Gasteiger partial charge in [-0.25, -0.2) is 13.1 Å². The fourth-order valence-corrected chi connectivity index (χ4v) is 3.68. The maximum atomic E-state index is 12.0. The molecule has 0 aliphatic heterocycles. The monoisotopic (exact) mass is 271 g/mol. The predicted molar refractivity (Wildman–Crippen MR) is 66.3 cm³/mol. The lowest BCUT2D eigenvalue weighted by molar-refractivity contribution is 0.569. The van der Waals surface area contributed by atoms with E-state index in [1.54, 1.807) is 48.6 Å². The van der Waals surface area contributed by atoms with E-state index in [0.29, 0.717) is 4.21 Å². The van der Waals surface area contributed by atoms with Crippen LogP contribution in [0.5, 0.6) is 0 Å². The molecule has 0 amide bonds. The number of thiophene rings is 1. The van der Waals surface area contributed by atoms with Crippen molar-refractivity contribution in [3.8, 4) is 0 Å². The van der Waals surface area contributed by atoms with Crippen molar-refractivity contribution in [3.63, 3.8) is 0 Å². The molecule has 0 fully saturated rings. The van der Waals surface area contributed by atoms with E-state index in [1.807, 2.05) is 0 Å². The third-order valence-corrected chi connectivity index (χ3v) is 5.25. The summed E-state index contributed by atoms with van der Waals surface area (Å²) in [5, 5.41) is 5.75. The highest BCUT2D eigenvalue weighted by atomic mass is 32.2. The molecule has 1 N–H and O–H groups in total. The Bertz CT molecular complexity index is 587. The standard InChI is InChI=1S/C10H13N3O2S2/c1-8(9-6-11-13(2)7-9)12-17(14,15)10-4-3-5-16-10/h3-8,12H,1-2H3. The Balaban J connectivity index is 2.17. The van der Waals surface area contributed by atoms with Crippen molar-refractivity contribution in [2.45, 2.75) is 17.2 Å². The number of hydrogen-bond donors (Lipinski definition) is 1. The SMILES string of the molecule is CC(NS(=O)(=O)c1cccs1)c1cnn(C)c1. The fraction of sp³-hybridized carbons (Fsp3) is 0.300. The minimum atomic E-state index is -3.42. The molecule has 0 aliphatic rings. The quantitative estimate of drug-likeness (QED) is 0.917. The van der Waals surface area contributed by atoms with E-state index in [4.69, 9.17) is 0 Å². The van der Waals surface area contributed by atoms with E-state index in [1.165, 1.54) is 11.3 Å². The Morgan fingerprint density at radius 1 is 1.53 bits per heavy atom. The summed E-state index contributed by atoms with van der Waals surface area (Å²) in [7, 11) is -1.63. The summed E-state index contributed by atoms with van der Waals surface area (Å²) in [6.45, 7) is 1.79. The second-order valence-corrected chi connectivity index (χ2v) is 6.61. The molecule has 0 radical (unpaired) electrons. The van der Waals surface area contributed by atoms with Gasteiger partial charge in [0.25, 0.3) is 10.0 Å². The topological polar surface area (TPSA) is 64.0 Å². The molecule has 2 aromatic rings. The third kappa shape index (κ3) is 2.74. The van der Waals surface area contributed by atoms with Gasteiger partial charge in [0, 0.05) is 24.8 Å². The molecule has 7 heteroatoms. The van der Waals surface area contributed by atoms with Crippen LogP contribution in [0.4, 0.5) is 0 Å². The normalized spacial score (nSPS) is 13.8. The molecule has 0 saturated carbocycles. The number of aryl methyl sites for hydroxylation is 1. The zero-order chi connectivity index (χ0) is 12.5. The number of nitrogens with one attached hydrogen (secondary N) is 1. The molecule has 1 atom stereocenters. The van der Waals surface area contributed by atoms with Crippen LogP contribution in [0.15, 0.2) is 34.1 Å². The summed E-state index contributed by atoms with van der Waals surface area (Å²) < 4.78 is 28.5. The van der Waals surface area contributed by atoms with Gasteiger partial charge in [0.05, 0.1) is 6.20 Å². The molecule has 0 saturated heterocycles. The van der Waals surface area contributed by atoms with Crippen LogP contribution in [-0.2, 0) is 17.1 Å². The second-order valence-electron chi connectivity index (χ2n) is 3.72. The van der Waals surface area contributed by atoms with Crippen LogP contribution in [0, 0.1) is 0 Å². The first-order valence-corrected chi connectivity index (χ1v) is 7.40. The highest BCUT2D eigenvalue weighted by molar-refractivity contribution is 7.91. The van der Waals surface area contributed by atoms with E-state index >= 15 is 0 Å². The first-order chi connectivity index (χ1) is 7.99. The van der Waals surface area contributed by atoms with Crippen LogP contribution in [0.3, 0.4) is 0 Å². The Labute approximate surface area is 104 Å². The lowest BCUT2D eigenvalue weighted by Crippen LogP contribution is -2.26. The van der Waals surface area contributed by atoms with E-state index < -0.39 is 10.0 Å². The maximum absolute atomic E-state index is 12.0. The molecule has 2 aromatic heterocycles. The molecule has 1 unspecified atom stereocenters. The van der Waals surface area contributed by atoms with Crippen molar-refractivity contribution >= 4 is 21.4 Å². The fourth-order valence-electron chi connectivity index (χ4n) is 1.44. The van der Waals surface area contributed by atoms with E-state index in [0.717, 1.165) is 5.56 Å². The first kappa shape index (κ1) is 12.3. The summed E-state index contributed by atoms with van der Waals surface area (Å²) >= 11 is 1.20. The van der Waals surface area contributed by atoms with Crippen molar-refractivity contribution in [1.29, 1.82) is 0 Å². The van der Waals surface area contributed by atoms with Gasteiger partial charge in [-0.1, -0.05) is 6.07 Å². The van der Waals surface area contributed by atoms with Gasteiger partial charge in [0.15, 0.2) is 0 Å². The lowest BCUT2D eigenvalue weighted by atomic mass is 10.2. The van der Waals surface area contributed by atoms with Gasteiger partial charge >= 0.3 is 0 Å². The predicted octanol–water partition coefficient (Wildman–Crippen LogP) is 1.52. The zero-order valence-corrected chi connectivity index (χ0v) is 11.1. The van der Waals surface area contributed by atoms with E-state index in [9.17, 15) is 8.42 Å². The van der Waals surface area contributed by atoms with Crippen molar-refractivity contribution < 1.29 is 8.42 Å². The summed E-state index contributed by atoms with van der Waals surface area (Å²) in [6.07, 6.45) is 3.45. The Kier molecular flexibility index (Phi) is 3.32. The molecular weight excluding hydrogens is 258 g/mol. The van der Waals surface area contributed by atoms with Crippen molar-refractivity contribution in [2.24, 2.45) is 7.05 Å². The zero-order valence-electron chi connectivity index (χ0n) is 9.49. The van der Waals surface area contributed by atoms with Crippen LogP contribution < -0.4 is 4.72 Å². The molecule has 0 spiro atoms. The summed E-state index contributed by atoms with van der Waals surface area (Å²) in [5.41, 5.74) is 0.840. The van der Waals surface area contributed by atoms with Gasteiger partial charge in [-0.05, 0) is 18.4 Å². The second kappa shape index (κ2) is 4.59.